The third-order valence-corrected chi connectivity index (χ3v) is 7.15. The summed E-state index contributed by atoms with van der Waals surface area (Å²) in [6.07, 6.45) is 3.32. The number of carbonyl (C=O) groups is 2. The standard InChI is InChI=1S/C17H16BrNO2.C11H11BrO2/c1-21-15-10-14(18)9-13-7-8-16(20)19(17(13)15)11-12-5-3-2-4-6-12;1-14-11-5-8(12)4-7-2-3-9(13)6-10(7)11/h2-6,9-10H,7-8,11H2,1H3;4-5H,2-3,6H2,1H3. The quantitative estimate of drug-likeness (QED) is 0.345. The average Bonchev–Trinajstić information content (AvgIpc) is 2.86. The maximum atomic E-state index is 12.4. The van der Waals surface area contributed by atoms with Crippen LogP contribution in [0.2, 0.25) is 0 Å². The number of aryl methyl sites for hydroxylation is 2. The minimum Gasteiger partial charge on any atom is -0.496 e. The number of ketones is 1. The molecule has 0 saturated carbocycles. The maximum absolute atomic E-state index is 12.4. The second-order valence-corrected chi connectivity index (χ2v) is 10.4. The fraction of sp³-hybridized carbons (Fsp3) is 0.286. The van der Waals surface area contributed by atoms with Crippen molar-refractivity contribution in [2.24, 2.45) is 0 Å². The van der Waals surface area contributed by atoms with Crippen molar-refractivity contribution in [2.45, 2.75) is 38.6 Å². The molecule has 0 N–H and O–H groups in total. The van der Waals surface area contributed by atoms with Crippen LogP contribution in [0.1, 0.15) is 35.1 Å². The van der Waals surface area contributed by atoms with Crippen LogP contribution in [0.4, 0.5) is 5.69 Å². The van der Waals surface area contributed by atoms with E-state index in [0.29, 0.717) is 31.6 Å². The molecule has 7 heteroatoms. The lowest BCUT2D eigenvalue weighted by Gasteiger charge is -2.31. The zero-order chi connectivity index (χ0) is 24.9. The molecule has 0 saturated heterocycles. The normalized spacial score (nSPS) is 14.5. The number of methoxy groups -OCH3 is 2. The summed E-state index contributed by atoms with van der Waals surface area (Å²) in [5.74, 6) is 2.01. The summed E-state index contributed by atoms with van der Waals surface area (Å²) in [5.41, 5.74) is 5.46. The minimum atomic E-state index is 0.145. The number of fused-ring (bicyclic) bond motifs is 2. The van der Waals surface area contributed by atoms with Crippen LogP contribution in [0.5, 0.6) is 11.5 Å². The third kappa shape index (κ3) is 5.96. The number of benzene rings is 3. The van der Waals surface area contributed by atoms with Crippen LogP contribution >= 0.6 is 31.9 Å². The molecule has 0 fully saturated rings. The van der Waals surface area contributed by atoms with E-state index in [1.165, 1.54) is 5.56 Å². The Kier molecular flexibility index (Phi) is 8.29. The highest BCUT2D eigenvalue weighted by atomic mass is 79.9. The van der Waals surface area contributed by atoms with Gasteiger partial charge in [-0.2, -0.15) is 0 Å². The lowest BCUT2D eigenvalue weighted by Crippen LogP contribution is -2.34. The van der Waals surface area contributed by atoms with Gasteiger partial charge >= 0.3 is 0 Å². The summed E-state index contributed by atoms with van der Waals surface area (Å²) in [4.78, 5) is 25.5. The van der Waals surface area contributed by atoms with Crippen molar-refractivity contribution >= 4 is 49.2 Å². The van der Waals surface area contributed by atoms with Gasteiger partial charge in [-0.3, -0.25) is 9.59 Å². The first-order valence-corrected chi connectivity index (χ1v) is 13.1. The van der Waals surface area contributed by atoms with Crippen LogP contribution in [-0.4, -0.2) is 25.9 Å². The molecule has 0 aromatic heterocycles. The molecule has 5 nitrogen and oxygen atoms in total. The Morgan fingerprint density at radius 2 is 1.43 bits per heavy atom. The Morgan fingerprint density at radius 1 is 0.800 bits per heavy atom. The van der Waals surface area contributed by atoms with Gasteiger partial charge < -0.3 is 14.4 Å². The number of ether oxygens (including phenoxy) is 2. The highest BCUT2D eigenvalue weighted by Gasteiger charge is 2.28. The van der Waals surface area contributed by atoms with E-state index in [0.717, 1.165) is 55.7 Å². The predicted octanol–water partition coefficient (Wildman–Crippen LogP) is 6.45. The Hall–Kier alpha value is -2.64. The van der Waals surface area contributed by atoms with Crippen LogP contribution in [0.25, 0.3) is 0 Å². The van der Waals surface area contributed by atoms with E-state index in [1.54, 1.807) is 14.2 Å². The second kappa shape index (κ2) is 11.4. The zero-order valence-corrected chi connectivity index (χ0v) is 22.9. The highest BCUT2D eigenvalue weighted by Crippen LogP contribution is 2.40. The molecule has 0 unspecified atom stereocenters. The largest absolute Gasteiger partial charge is 0.496 e. The van der Waals surface area contributed by atoms with Gasteiger partial charge in [0.15, 0.2) is 0 Å². The fourth-order valence-corrected chi connectivity index (χ4v) is 5.52. The summed E-state index contributed by atoms with van der Waals surface area (Å²) in [6.45, 7) is 0.574. The summed E-state index contributed by atoms with van der Waals surface area (Å²) in [5, 5.41) is 0. The summed E-state index contributed by atoms with van der Waals surface area (Å²) in [6, 6.07) is 18.0. The number of halogens is 2. The Bertz CT molecular complexity index is 1210. The summed E-state index contributed by atoms with van der Waals surface area (Å²) >= 11 is 6.93. The molecule has 0 radical (unpaired) electrons. The van der Waals surface area contributed by atoms with E-state index in [2.05, 4.69) is 44.0 Å². The van der Waals surface area contributed by atoms with Gasteiger partial charge in [0, 0.05) is 33.8 Å². The summed E-state index contributed by atoms with van der Waals surface area (Å²) < 4.78 is 12.7. The molecular weight excluding hydrogens is 574 g/mol. The first kappa shape index (κ1) is 25.5. The number of Topliss-reactive ketones (excluding diaryl/α,β-unsaturated/α-hetero) is 1. The van der Waals surface area contributed by atoms with E-state index < -0.39 is 0 Å². The SMILES string of the molecule is COc1cc(Br)cc2c1CC(=O)CC2.COc1cc(Br)cc2c1N(Cc1ccccc1)C(=O)CC2. The van der Waals surface area contributed by atoms with Crippen molar-refractivity contribution in [2.75, 3.05) is 19.1 Å². The van der Waals surface area contributed by atoms with Crippen molar-refractivity contribution in [1.82, 2.24) is 0 Å². The topological polar surface area (TPSA) is 55.8 Å². The average molecular weight is 601 g/mol. The van der Waals surface area contributed by atoms with Gasteiger partial charge in [0.2, 0.25) is 5.91 Å². The molecule has 1 aliphatic carbocycles. The monoisotopic (exact) mass is 599 g/mol. The zero-order valence-electron chi connectivity index (χ0n) is 19.8. The van der Waals surface area contributed by atoms with Crippen molar-refractivity contribution in [1.29, 1.82) is 0 Å². The number of hydrogen-bond donors (Lipinski definition) is 0. The van der Waals surface area contributed by atoms with Gasteiger partial charge in [-0.05, 0) is 53.8 Å². The Labute approximate surface area is 222 Å². The van der Waals surface area contributed by atoms with Crippen LogP contribution in [0.3, 0.4) is 0 Å². The van der Waals surface area contributed by atoms with Crippen molar-refractivity contribution in [3.63, 3.8) is 0 Å². The van der Waals surface area contributed by atoms with Gasteiger partial charge in [0.1, 0.15) is 17.3 Å². The Balaban J connectivity index is 0.000000179. The van der Waals surface area contributed by atoms with Gasteiger partial charge in [-0.1, -0.05) is 62.2 Å². The molecule has 2 aliphatic rings. The third-order valence-electron chi connectivity index (χ3n) is 6.23. The van der Waals surface area contributed by atoms with Crippen molar-refractivity contribution < 1.29 is 19.1 Å². The molecule has 3 aromatic rings. The number of anilines is 1. The second-order valence-electron chi connectivity index (χ2n) is 8.54. The molecule has 35 heavy (non-hydrogen) atoms. The first-order chi connectivity index (χ1) is 16.9. The number of rotatable bonds is 4. The van der Waals surface area contributed by atoms with E-state index >= 15 is 0 Å². The smallest absolute Gasteiger partial charge is 0.227 e. The predicted molar refractivity (Wildman–Crippen MR) is 144 cm³/mol. The molecule has 0 bridgehead atoms. The number of carbonyl (C=O) groups excluding carboxylic acids is 2. The molecule has 5 rings (SSSR count). The van der Waals surface area contributed by atoms with Crippen LogP contribution < -0.4 is 14.4 Å². The molecule has 0 atom stereocenters. The van der Waals surface area contributed by atoms with Crippen molar-refractivity contribution in [3.8, 4) is 11.5 Å². The highest BCUT2D eigenvalue weighted by molar-refractivity contribution is 9.10. The molecule has 182 valence electrons. The molecule has 0 spiro atoms. The van der Waals surface area contributed by atoms with Gasteiger partial charge in [-0.25, -0.2) is 0 Å². The fourth-order valence-electron chi connectivity index (χ4n) is 4.55. The van der Waals surface area contributed by atoms with Gasteiger partial charge in [0.25, 0.3) is 0 Å². The van der Waals surface area contributed by atoms with Gasteiger partial charge in [0.05, 0.1) is 26.5 Å². The van der Waals surface area contributed by atoms with Crippen LogP contribution in [0.15, 0.2) is 63.5 Å². The van der Waals surface area contributed by atoms with E-state index in [4.69, 9.17) is 9.47 Å². The van der Waals surface area contributed by atoms with E-state index in [1.807, 2.05) is 47.4 Å². The van der Waals surface area contributed by atoms with Crippen LogP contribution in [0, 0.1) is 0 Å². The van der Waals surface area contributed by atoms with E-state index in [9.17, 15) is 9.59 Å². The van der Waals surface area contributed by atoms with Crippen LogP contribution in [-0.2, 0) is 35.4 Å². The molecule has 1 amide bonds. The minimum absolute atomic E-state index is 0.145. The first-order valence-electron chi connectivity index (χ1n) is 11.5. The number of hydrogen-bond acceptors (Lipinski definition) is 4. The van der Waals surface area contributed by atoms with Crippen molar-refractivity contribution in [3.05, 3.63) is 85.8 Å². The Morgan fingerprint density at radius 3 is 2.11 bits per heavy atom. The molecule has 1 aliphatic heterocycles. The lowest BCUT2D eigenvalue weighted by molar-refractivity contribution is -0.119. The number of nitrogens with zero attached hydrogens (tertiary/aromatic N) is 1. The van der Waals surface area contributed by atoms with E-state index in [-0.39, 0.29) is 5.91 Å². The molecular formula is C28H27Br2NO4. The molecule has 3 aromatic carbocycles. The molecule has 1 heterocycles. The number of amides is 1. The summed E-state index contributed by atoms with van der Waals surface area (Å²) in [7, 11) is 3.28. The van der Waals surface area contributed by atoms with Gasteiger partial charge in [-0.15, -0.1) is 0 Å². The lowest BCUT2D eigenvalue weighted by atomic mass is 9.90. The maximum Gasteiger partial charge on any atom is 0.227 e.